The summed E-state index contributed by atoms with van der Waals surface area (Å²) in [5.41, 5.74) is 5.00. The molecule has 0 N–H and O–H groups in total. The zero-order chi connectivity index (χ0) is 20.3. The average Bonchev–Trinajstić information content (AvgIpc) is 2.71. The van der Waals surface area contributed by atoms with E-state index in [1.807, 2.05) is 44.2 Å². The van der Waals surface area contributed by atoms with Crippen molar-refractivity contribution >= 4 is 16.9 Å². The summed E-state index contributed by atoms with van der Waals surface area (Å²) in [6.07, 6.45) is 0.717. The van der Waals surface area contributed by atoms with Crippen molar-refractivity contribution in [3.05, 3.63) is 58.9 Å². The third-order valence-electron chi connectivity index (χ3n) is 4.85. The number of carbonyl (C=O) groups is 1. The molecule has 0 saturated heterocycles. The number of hydrogen-bond acceptors (Lipinski definition) is 5. The highest BCUT2D eigenvalue weighted by Crippen LogP contribution is 2.27. The molecule has 1 heterocycles. The first-order chi connectivity index (χ1) is 13.4. The van der Waals surface area contributed by atoms with Gasteiger partial charge in [-0.2, -0.15) is 0 Å². The number of likely N-dealkylation sites (N-methyl/N-ethyl adjacent to an activating group) is 1. The zero-order valence-corrected chi connectivity index (χ0v) is 16.9. The second-order valence-corrected chi connectivity index (χ2v) is 6.76. The van der Waals surface area contributed by atoms with Gasteiger partial charge in [-0.25, -0.2) is 9.97 Å². The lowest BCUT2D eigenvalue weighted by molar-refractivity contribution is 0.0796. The van der Waals surface area contributed by atoms with Gasteiger partial charge < -0.3 is 14.4 Å². The van der Waals surface area contributed by atoms with Crippen molar-refractivity contribution < 1.29 is 14.3 Å². The van der Waals surface area contributed by atoms with Crippen molar-refractivity contribution in [3.8, 4) is 11.5 Å². The molecule has 6 heteroatoms. The Morgan fingerprint density at radius 1 is 0.929 bits per heavy atom. The van der Waals surface area contributed by atoms with Crippen LogP contribution in [0.15, 0.2) is 36.4 Å². The highest BCUT2D eigenvalue weighted by molar-refractivity contribution is 5.97. The van der Waals surface area contributed by atoms with Gasteiger partial charge in [0, 0.05) is 19.2 Å². The third-order valence-corrected chi connectivity index (χ3v) is 4.85. The van der Waals surface area contributed by atoms with Gasteiger partial charge in [0.1, 0.15) is 0 Å². The molecule has 3 rings (SSSR count). The van der Waals surface area contributed by atoms with Crippen LogP contribution in [0.3, 0.4) is 0 Å². The molecule has 0 bridgehead atoms. The van der Waals surface area contributed by atoms with E-state index in [0.29, 0.717) is 30.0 Å². The van der Waals surface area contributed by atoms with Gasteiger partial charge in [0.2, 0.25) is 0 Å². The Labute approximate surface area is 165 Å². The number of benzene rings is 2. The Balaban J connectivity index is 1.72. The summed E-state index contributed by atoms with van der Waals surface area (Å²) in [5, 5.41) is 0. The minimum Gasteiger partial charge on any atom is -0.493 e. The van der Waals surface area contributed by atoms with E-state index in [1.165, 1.54) is 0 Å². The smallest absolute Gasteiger partial charge is 0.253 e. The number of nitrogens with zero attached hydrogens (tertiary/aromatic N) is 3. The van der Waals surface area contributed by atoms with Gasteiger partial charge in [-0.05, 0) is 56.2 Å². The monoisotopic (exact) mass is 379 g/mol. The first-order valence-corrected chi connectivity index (χ1v) is 9.14. The maximum atomic E-state index is 12.8. The quantitative estimate of drug-likeness (QED) is 0.655. The molecular weight excluding hydrogens is 354 g/mol. The summed E-state index contributed by atoms with van der Waals surface area (Å²) >= 11 is 0. The number of methoxy groups -OCH3 is 2. The molecule has 2 aromatic carbocycles. The average molecular weight is 379 g/mol. The molecule has 0 atom stereocenters. The van der Waals surface area contributed by atoms with Crippen LogP contribution in [0.1, 0.15) is 27.3 Å². The number of carbonyl (C=O) groups excluding carboxylic acids is 1. The van der Waals surface area contributed by atoms with Gasteiger partial charge in [-0.1, -0.05) is 6.07 Å². The summed E-state index contributed by atoms with van der Waals surface area (Å²) in [6, 6.07) is 11.3. The summed E-state index contributed by atoms with van der Waals surface area (Å²) in [6.45, 7) is 4.44. The Morgan fingerprint density at radius 2 is 1.61 bits per heavy atom. The topological polar surface area (TPSA) is 64.5 Å². The number of hydrogen-bond donors (Lipinski definition) is 0. The van der Waals surface area contributed by atoms with Crippen LogP contribution in [-0.2, 0) is 6.42 Å². The molecule has 1 amide bonds. The fourth-order valence-electron chi connectivity index (χ4n) is 3.02. The summed E-state index contributed by atoms with van der Waals surface area (Å²) in [7, 11) is 5.03. The molecule has 3 aromatic rings. The van der Waals surface area contributed by atoms with Crippen molar-refractivity contribution in [2.75, 3.05) is 27.8 Å². The molecule has 0 aliphatic carbocycles. The molecule has 6 nitrogen and oxygen atoms in total. The normalized spacial score (nSPS) is 10.8. The zero-order valence-electron chi connectivity index (χ0n) is 16.9. The fraction of sp³-hybridized carbons (Fsp3) is 0.318. The number of aromatic nitrogens is 2. The van der Waals surface area contributed by atoms with E-state index >= 15 is 0 Å². The van der Waals surface area contributed by atoms with Crippen molar-refractivity contribution in [3.63, 3.8) is 0 Å². The van der Waals surface area contributed by atoms with Crippen molar-refractivity contribution in [2.24, 2.45) is 0 Å². The molecule has 0 fully saturated rings. The molecule has 0 spiro atoms. The van der Waals surface area contributed by atoms with Crippen LogP contribution in [0.25, 0.3) is 11.0 Å². The Hall–Kier alpha value is -3.15. The van der Waals surface area contributed by atoms with E-state index in [1.54, 1.807) is 32.2 Å². The summed E-state index contributed by atoms with van der Waals surface area (Å²) in [5.74, 6) is 1.34. The second-order valence-electron chi connectivity index (χ2n) is 6.76. The molecule has 0 radical (unpaired) electrons. The molecule has 0 aliphatic heterocycles. The minimum atomic E-state index is -0.0394. The molecule has 0 unspecified atom stereocenters. The molecule has 1 aromatic heterocycles. The van der Waals surface area contributed by atoms with Gasteiger partial charge in [0.05, 0.1) is 36.6 Å². The van der Waals surface area contributed by atoms with Gasteiger partial charge in [0.25, 0.3) is 5.91 Å². The Kier molecular flexibility index (Phi) is 5.78. The first kappa shape index (κ1) is 19.6. The van der Waals surface area contributed by atoms with Gasteiger partial charge >= 0.3 is 0 Å². The third kappa shape index (κ3) is 4.06. The maximum Gasteiger partial charge on any atom is 0.253 e. The van der Waals surface area contributed by atoms with Gasteiger partial charge in [0.15, 0.2) is 11.5 Å². The largest absolute Gasteiger partial charge is 0.493 e. The number of ether oxygens (including phenoxy) is 2. The SMILES string of the molecule is COc1ccc(CCN(C)C(=O)c2ccc3nc(C)c(C)nc3c2)cc1OC. The predicted octanol–water partition coefficient (Wildman–Crippen LogP) is 3.58. The van der Waals surface area contributed by atoms with Crippen LogP contribution in [0, 0.1) is 13.8 Å². The van der Waals surface area contributed by atoms with Crippen molar-refractivity contribution in [1.29, 1.82) is 0 Å². The second kappa shape index (κ2) is 8.25. The fourth-order valence-corrected chi connectivity index (χ4v) is 3.02. The number of amides is 1. The van der Waals surface area contributed by atoms with Crippen LogP contribution in [0.5, 0.6) is 11.5 Å². The predicted molar refractivity (Wildman–Crippen MR) is 109 cm³/mol. The highest BCUT2D eigenvalue weighted by Gasteiger charge is 2.14. The van der Waals surface area contributed by atoms with Crippen LogP contribution in [0.4, 0.5) is 0 Å². The molecule has 28 heavy (non-hydrogen) atoms. The molecule has 0 aliphatic rings. The minimum absolute atomic E-state index is 0.0394. The van der Waals surface area contributed by atoms with Gasteiger partial charge in [-0.15, -0.1) is 0 Å². The Morgan fingerprint density at radius 3 is 2.29 bits per heavy atom. The lowest BCUT2D eigenvalue weighted by Crippen LogP contribution is -2.28. The van der Waals surface area contributed by atoms with Crippen LogP contribution in [0.2, 0.25) is 0 Å². The van der Waals surface area contributed by atoms with Crippen LogP contribution in [-0.4, -0.2) is 48.6 Å². The van der Waals surface area contributed by atoms with Crippen molar-refractivity contribution in [2.45, 2.75) is 20.3 Å². The van der Waals surface area contributed by atoms with Crippen LogP contribution < -0.4 is 9.47 Å². The number of rotatable bonds is 6. The van der Waals surface area contributed by atoms with E-state index in [-0.39, 0.29) is 5.91 Å². The lowest BCUT2D eigenvalue weighted by Gasteiger charge is -2.18. The van der Waals surface area contributed by atoms with E-state index in [4.69, 9.17) is 9.47 Å². The molecule has 146 valence electrons. The molecule has 0 saturated carbocycles. The van der Waals surface area contributed by atoms with E-state index in [0.717, 1.165) is 28.0 Å². The Bertz CT molecular complexity index is 1020. The van der Waals surface area contributed by atoms with Crippen molar-refractivity contribution in [1.82, 2.24) is 14.9 Å². The van der Waals surface area contributed by atoms with Gasteiger partial charge in [-0.3, -0.25) is 4.79 Å². The van der Waals surface area contributed by atoms with E-state index in [2.05, 4.69) is 9.97 Å². The summed E-state index contributed by atoms with van der Waals surface area (Å²) < 4.78 is 10.6. The number of fused-ring (bicyclic) bond motifs is 1. The lowest BCUT2D eigenvalue weighted by atomic mass is 10.1. The van der Waals surface area contributed by atoms with Crippen LogP contribution >= 0.6 is 0 Å². The maximum absolute atomic E-state index is 12.8. The standard InChI is InChI=1S/C22H25N3O3/c1-14-15(2)24-19-13-17(7-8-18(19)23-14)22(26)25(3)11-10-16-6-9-20(27-4)21(12-16)28-5/h6-9,12-13H,10-11H2,1-5H3. The van der Waals surface area contributed by atoms with E-state index < -0.39 is 0 Å². The summed E-state index contributed by atoms with van der Waals surface area (Å²) in [4.78, 5) is 23.6. The first-order valence-electron chi connectivity index (χ1n) is 9.14. The number of aryl methyl sites for hydroxylation is 2. The van der Waals surface area contributed by atoms with E-state index in [9.17, 15) is 4.79 Å². The molecular formula is C22H25N3O3. The highest BCUT2D eigenvalue weighted by atomic mass is 16.5.